The summed E-state index contributed by atoms with van der Waals surface area (Å²) in [6, 6.07) is 0. The lowest BCUT2D eigenvalue weighted by atomic mass is 10.1. The molecule has 0 aliphatic heterocycles. The second-order valence-electron chi connectivity index (χ2n) is 5.75. The Labute approximate surface area is 163 Å². The van der Waals surface area contributed by atoms with Gasteiger partial charge in [-0.15, -0.1) is 0 Å². The summed E-state index contributed by atoms with van der Waals surface area (Å²) in [4.78, 5) is 12.5. The number of rotatable bonds is 7. The van der Waals surface area contributed by atoms with Gasteiger partial charge in [0.15, 0.2) is 35.3 Å². The molecular weight excluding hydrogens is 426 g/mol. The Morgan fingerprint density at radius 1 is 0.733 bits per heavy atom. The third kappa shape index (κ3) is 3.31. The Balaban J connectivity index is 2.29. The Bertz CT molecular complexity index is 1190. The molecule has 162 valence electrons. The number of methoxy groups -OCH3 is 2. The lowest BCUT2D eigenvalue weighted by Crippen LogP contribution is -2.14. The molecule has 0 aliphatic rings. The number of ether oxygens (including phenoxy) is 4. The van der Waals surface area contributed by atoms with Crippen molar-refractivity contribution in [1.29, 1.82) is 0 Å². The van der Waals surface area contributed by atoms with E-state index in [1.807, 2.05) is 0 Å². The first-order valence-electron chi connectivity index (χ1n) is 8.13. The van der Waals surface area contributed by atoms with Crippen molar-refractivity contribution >= 4 is 21.9 Å². The van der Waals surface area contributed by atoms with Gasteiger partial charge in [0.1, 0.15) is 10.8 Å². The minimum Gasteiger partial charge on any atom is -0.491 e. The second kappa shape index (κ2) is 8.40. The van der Waals surface area contributed by atoms with Gasteiger partial charge in [0.2, 0.25) is 34.4 Å². The van der Waals surface area contributed by atoms with Gasteiger partial charge in [-0.05, 0) is 0 Å². The Hall–Kier alpha value is -2.99. The molecule has 0 saturated carbocycles. The van der Waals surface area contributed by atoms with E-state index in [0.29, 0.717) is 0 Å². The van der Waals surface area contributed by atoms with Gasteiger partial charge in [-0.3, -0.25) is 4.79 Å². The van der Waals surface area contributed by atoms with Gasteiger partial charge in [-0.1, -0.05) is 0 Å². The molecule has 0 saturated heterocycles. The van der Waals surface area contributed by atoms with Crippen molar-refractivity contribution in [3.8, 4) is 11.5 Å². The number of benzene rings is 2. The van der Waals surface area contributed by atoms with Crippen LogP contribution in [0.25, 0.3) is 21.9 Å². The van der Waals surface area contributed by atoms with Crippen LogP contribution in [-0.4, -0.2) is 34.2 Å². The molecular formula is C18H12F6O6. The Morgan fingerprint density at radius 3 is 1.80 bits per heavy atom. The van der Waals surface area contributed by atoms with E-state index in [2.05, 4.69) is 9.47 Å². The van der Waals surface area contributed by atoms with E-state index in [4.69, 9.17) is 13.9 Å². The van der Waals surface area contributed by atoms with E-state index in [0.717, 1.165) is 7.11 Å². The SMILES string of the molecule is COCCOCOc1c(F)c(F)c2c(=O)c3c(F)c(F)c(OC)c(F)c3oc2c1F. The van der Waals surface area contributed by atoms with E-state index >= 15 is 0 Å². The van der Waals surface area contributed by atoms with E-state index in [-0.39, 0.29) is 13.2 Å². The number of halogens is 6. The van der Waals surface area contributed by atoms with Crippen molar-refractivity contribution < 1.29 is 49.7 Å². The first-order valence-corrected chi connectivity index (χ1v) is 8.13. The molecule has 0 amide bonds. The van der Waals surface area contributed by atoms with Gasteiger partial charge < -0.3 is 23.4 Å². The fraction of sp³-hybridized carbons (Fsp3) is 0.278. The normalized spacial score (nSPS) is 11.5. The summed E-state index contributed by atoms with van der Waals surface area (Å²) in [5.41, 5.74) is -4.26. The summed E-state index contributed by atoms with van der Waals surface area (Å²) in [5.74, 6) is -13.7. The molecule has 0 N–H and O–H groups in total. The van der Waals surface area contributed by atoms with Gasteiger partial charge in [-0.2, -0.15) is 17.6 Å². The number of fused-ring (bicyclic) bond motifs is 2. The molecule has 0 atom stereocenters. The molecule has 1 aromatic heterocycles. The van der Waals surface area contributed by atoms with Gasteiger partial charge in [0.05, 0.1) is 20.3 Å². The van der Waals surface area contributed by atoms with Gasteiger partial charge >= 0.3 is 0 Å². The third-order valence-electron chi connectivity index (χ3n) is 4.06. The van der Waals surface area contributed by atoms with E-state index in [1.54, 1.807) is 0 Å². The number of hydrogen-bond acceptors (Lipinski definition) is 6. The smallest absolute Gasteiger partial charge is 0.211 e. The van der Waals surface area contributed by atoms with Crippen LogP contribution in [0, 0.1) is 34.9 Å². The monoisotopic (exact) mass is 438 g/mol. The molecule has 3 rings (SSSR count). The molecule has 6 nitrogen and oxygen atoms in total. The molecule has 0 bridgehead atoms. The highest BCUT2D eigenvalue weighted by Gasteiger charge is 2.31. The third-order valence-corrected chi connectivity index (χ3v) is 4.06. The zero-order valence-electron chi connectivity index (χ0n) is 15.3. The maximum absolute atomic E-state index is 14.7. The summed E-state index contributed by atoms with van der Waals surface area (Å²) in [6.07, 6.45) is 0. The van der Waals surface area contributed by atoms with Crippen molar-refractivity contribution in [2.75, 3.05) is 34.2 Å². The van der Waals surface area contributed by atoms with Crippen LogP contribution in [0.2, 0.25) is 0 Å². The van der Waals surface area contributed by atoms with Gasteiger partial charge in [0, 0.05) is 7.11 Å². The summed E-state index contributed by atoms with van der Waals surface area (Å²) in [6.45, 7) is -0.627. The van der Waals surface area contributed by atoms with E-state index in [1.165, 1.54) is 7.11 Å². The van der Waals surface area contributed by atoms with Crippen LogP contribution in [0.4, 0.5) is 26.3 Å². The highest BCUT2D eigenvalue weighted by Crippen LogP contribution is 2.37. The van der Waals surface area contributed by atoms with Crippen molar-refractivity contribution in [1.82, 2.24) is 0 Å². The first kappa shape index (κ1) is 21.7. The van der Waals surface area contributed by atoms with Crippen molar-refractivity contribution in [3.05, 3.63) is 45.1 Å². The lowest BCUT2D eigenvalue weighted by Gasteiger charge is -2.13. The molecule has 0 fully saturated rings. The molecule has 2 aromatic carbocycles. The Kier molecular flexibility index (Phi) is 6.08. The van der Waals surface area contributed by atoms with Crippen LogP contribution in [0.3, 0.4) is 0 Å². The predicted molar refractivity (Wildman–Crippen MR) is 89.6 cm³/mol. The molecule has 0 spiro atoms. The summed E-state index contributed by atoms with van der Waals surface area (Å²) >= 11 is 0. The maximum Gasteiger partial charge on any atom is 0.211 e. The maximum atomic E-state index is 14.7. The van der Waals surface area contributed by atoms with E-state index in [9.17, 15) is 31.1 Å². The minimum atomic E-state index is -1.97. The summed E-state index contributed by atoms with van der Waals surface area (Å²) < 4.78 is 109. The summed E-state index contributed by atoms with van der Waals surface area (Å²) in [5, 5.41) is -2.78. The zero-order chi connectivity index (χ0) is 22.2. The van der Waals surface area contributed by atoms with Crippen LogP contribution in [0.15, 0.2) is 9.21 Å². The quantitative estimate of drug-likeness (QED) is 0.184. The van der Waals surface area contributed by atoms with Crippen LogP contribution in [0.1, 0.15) is 0 Å². The Morgan fingerprint density at radius 2 is 1.27 bits per heavy atom. The molecule has 12 heteroatoms. The fourth-order valence-electron chi connectivity index (χ4n) is 2.67. The van der Waals surface area contributed by atoms with Gasteiger partial charge in [-0.25, -0.2) is 8.78 Å². The average molecular weight is 438 g/mol. The standard InChI is InChI=1S/C18H12F6O6/c1-26-3-4-28-5-29-18-11(22)9(20)7-14(25)6-8(19)10(21)17(27-2)12(23)15(6)30-16(7)13(18)24/h3-5H2,1-2H3. The molecule has 0 radical (unpaired) electrons. The number of hydrogen-bond donors (Lipinski definition) is 0. The minimum absolute atomic E-state index is 0.0225. The topological polar surface area (TPSA) is 67.1 Å². The highest BCUT2D eigenvalue weighted by molar-refractivity contribution is 5.92. The van der Waals surface area contributed by atoms with Crippen LogP contribution < -0.4 is 14.9 Å². The molecule has 30 heavy (non-hydrogen) atoms. The molecule has 1 heterocycles. The predicted octanol–water partition coefficient (Wildman–Crippen LogP) is 3.79. The van der Waals surface area contributed by atoms with Crippen LogP contribution in [0.5, 0.6) is 11.5 Å². The average Bonchev–Trinajstić information content (AvgIpc) is 2.72. The second-order valence-corrected chi connectivity index (χ2v) is 5.75. The summed E-state index contributed by atoms with van der Waals surface area (Å²) in [7, 11) is 2.18. The lowest BCUT2D eigenvalue weighted by molar-refractivity contribution is -0.0119. The molecule has 0 unspecified atom stereocenters. The van der Waals surface area contributed by atoms with Crippen molar-refractivity contribution in [2.24, 2.45) is 0 Å². The first-order chi connectivity index (χ1) is 14.3. The van der Waals surface area contributed by atoms with Crippen LogP contribution in [-0.2, 0) is 9.47 Å². The van der Waals surface area contributed by atoms with Crippen LogP contribution >= 0.6 is 0 Å². The van der Waals surface area contributed by atoms with Crippen molar-refractivity contribution in [2.45, 2.75) is 0 Å². The molecule has 0 aliphatic carbocycles. The largest absolute Gasteiger partial charge is 0.491 e. The van der Waals surface area contributed by atoms with Crippen molar-refractivity contribution in [3.63, 3.8) is 0 Å². The fourth-order valence-corrected chi connectivity index (χ4v) is 2.67. The van der Waals surface area contributed by atoms with Gasteiger partial charge in [0.25, 0.3) is 0 Å². The molecule has 3 aromatic rings. The van der Waals surface area contributed by atoms with E-state index < -0.39 is 80.6 Å². The zero-order valence-corrected chi connectivity index (χ0v) is 15.3. The highest BCUT2D eigenvalue weighted by atomic mass is 19.2.